The molecule has 0 bridgehead atoms. The van der Waals surface area contributed by atoms with Crippen molar-refractivity contribution in [3.63, 3.8) is 0 Å². The van der Waals surface area contributed by atoms with E-state index >= 15 is 0 Å². The summed E-state index contributed by atoms with van der Waals surface area (Å²) in [6.45, 7) is 3.75. The molecule has 0 radical (unpaired) electrons. The Morgan fingerprint density at radius 2 is 1.24 bits per heavy atom. The van der Waals surface area contributed by atoms with E-state index in [4.69, 9.17) is 4.74 Å². The first-order valence-electron chi connectivity index (χ1n) is 10.9. The van der Waals surface area contributed by atoms with Gasteiger partial charge in [-0.1, -0.05) is 60.7 Å². The van der Waals surface area contributed by atoms with Crippen molar-refractivity contribution in [3.05, 3.63) is 101 Å². The molecule has 0 aliphatic rings. The number of rotatable bonds is 6. The molecular formula is C29H27FO3. The van der Waals surface area contributed by atoms with Crippen molar-refractivity contribution in [1.29, 1.82) is 0 Å². The molecule has 33 heavy (non-hydrogen) atoms. The van der Waals surface area contributed by atoms with Gasteiger partial charge in [-0.25, -0.2) is 4.39 Å². The fraction of sp³-hybridized carbons (Fsp3) is 0.172. The summed E-state index contributed by atoms with van der Waals surface area (Å²) in [5, 5.41) is 18.8. The van der Waals surface area contributed by atoms with Crippen LogP contribution in [0.15, 0.2) is 72.8 Å². The molecule has 0 fully saturated rings. The molecule has 0 unspecified atom stereocenters. The molecule has 4 heteroatoms. The van der Waals surface area contributed by atoms with E-state index in [2.05, 4.69) is 25.1 Å². The molecule has 3 nitrogen and oxygen atoms in total. The van der Waals surface area contributed by atoms with Gasteiger partial charge in [-0.3, -0.25) is 0 Å². The zero-order valence-electron chi connectivity index (χ0n) is 19.0. The van der Waals surface area contributed by atoms with Crippen LogP contribution in [0.4, 0.5) is 4.39 Å². The summed E-state index contributed by atoms with van der Waals surface area (Å²) in [6, 6.07) is 23.4. The van der Waals surface area contributed by atoms with E-state index in [-0.39, 0.29) is 12.2 Å². The second kappa shape index (κ2) is 9.57. The van der Waals surface area contributed by atoms with E-state index in [1.54, 1.807) is 6.07 Å². The average Bonchev–Trinajstić information content (AvgIpc) is 2.84. The number of benzene rings is 4. The zero-order chi connectivity index (χ0) is 23.5. The van der Waals surface area contributed by atoms with Gasteiger partial charge in [-0.05, 0) is 76.1 Å². The van der Waals surface area contributed by atoms with Gasteiger partial charge >= 0.3 is 0 Å². The van der Waals surface area contributed by atoms with E-state index in [1.165, 1.54) is 13.2 Å². The topological polar surface area (TPSA) is 49.7 Å². The minimum Gasteiger partial charge on any atom is -0.496 e. The van der Waals surface area contributed by atoms with Gasteiger partial charge in [0.2, 0.25) is 0 Å². The van der Waals surface area contributed by atoms with E-state index in [0.29, 0.717) is 11.3 Å². The summed E-state index contributed by atoms with van der Waals surface area (Å²) in [5.41, 5.74) is 9.23. The van der Waals surface area contributed by atoms with Crippen molar-refractivity contribution in [3.8, 4) is 39.1 Å². The lowest BCUT2D eigenvalue weighted by molar-refractivity contribution is 0.267. The highest BCUT2D eigenvalue weighted by Crippen LogP contribution is 2.38. The summed E-state index contributed by atoms with van der Waals surface area (Å²) < 4.78 is 20.0. The molecule has 4 aromatic rings. The van der Waals surface area contributed by atoms with E-state index in [0.717, 1.165) is 44.5 Å². The molecule has 0 heterocycles. The summed E-state index contributed by atoms with van der Waals surface area (Å²) in [4.78, 5) is 0. The number of halogens is 1. The van der Waals surface area contributed by atoms with Crippen LogP contribution in [0, 0.1) is 19.7 Å². The average molecular weight is 443 g/mol. The Hall–Kier alpha value is -3.47. The normalized spacial score (nSPS) is 11.0. The van der Waals surface area contributed by atoms with Crippen molar-refractivity contribution in [2.75, 3.05) is 7.11 Å². The minimum absolute atomic E-state index is 0.0238. The number of hydrogen-bond donors (Lipinski definition) is 2. The molecule has 0 aliphatic heterocycles. The van der Waals surface area contributed by atoms with Crippen LogP contribution in [0.25, 0.3) is 33.4 Å². The van der Waals surface area contributed by atoms with Gasteiger partial charge in [0.05, 0.1) is 25.9 Å². The fourth-order valence-corrected chi connectivity index (χ4v) is 4.37. The van der Waals surface area contributed by atoms with Gasteiger partial charge in [0.15, 0.2) is 0 Å². The van der Waals surface area contributed by atoms with Gasteiger partial charge in [-0.15, -0.1) is 0 Å². The molecule has 0 spiro atoms. The quantitative estimate of drug-likeness (QED) is 0.361. The Bertz CT molecular complexity index is 1290. The van der Waals surface area contributed by atoms with Gasteiger partial charge < -0.3 is 14.9 Å². The largest absolute Gasteiger partial charge is 0.496 e. The highest BCUT2D eigenvalue weighted by atomic mass is 19.1. The van der Waals surface area contributed by atoms with Gasteiger partial charge in [0.25, 0.3) is 0 Å². The molecule has 168 valence electrons. The maximum atomic E-state index is 14.6. The third-order valence-electron chi connectivity index (χ3n) is 6.25. The Balaban J connectivity index is 1.83. The number of ether oxygens (including phenoxy) is 1. The van der Waals surface area contributed by atoms with Gasteiger partial charge in [0, 0.05) is 0 Å². The molecule has 0 saturated heterocycles. The molecule has 0 aromatic heterocycles. The fourth-order valence-electron chi connectivity index (χ4n) is 4.37. The third-order valence-corrected chi connectivity index (χ3v) is 6.25. The van der Waals surface area contributed by atoms with Crippen molar-refractivity contribution in [2.24, 2.45) is 0 Å². The second-order valence-corrected chi connectivity index (χ2v) is 8.11. The Morgan fingerprint density at radius 1 is 0.697 bits per heavy atom. The first kappa shape index (κ1) is 22.7. The summed E-state index contributed by atoms with van der Waals surface area (Å²) >= 11 is 0. The van der Waals surface area contributed by atoms with Crippen LogP contribution in [-0.2, 0) is 13.2 Å². The number of aliphatic hydroxyl groups is 2. The van der Waals surface area contributed by atoms with Crippen molar-refractivity contribution < 1.29 is 19.3 Å². The standard InChI is InChI=1S/C29H27FO3/c1-18-23(21-12-10-20(16-31)11-13-21)6-4-8-25(18)26-9-5-7-24(19(26)2)22-14-28(30)27(17-32)29(15-22)33-3/h4-15,31-32H,16-17H2,1-3H3. The summed E-state index contributed by atoms with van der Waals surface area (Å²) in [5.74, 6) is -0.150. The number of methoxy groups -OCH3 is 1. The lowest BCUT2D eigenvalue weighted by atomic mass is 9.88. The molecular weight excluding hydrogens is 415 g/mol. The molecule has 4 aromatic carbocycles. The van der Waals surface area contributed by atoms with Crippen molar-refractivity contribution in [1.82, 2.24) is 0 Å². The van der Waals surface area contributed by atoms with Crippen LogP contribution in [0.1, 0.15) is 22.3 Å². The summed E-state index contributed by atoms with van der Waals surface area (Å²) in [6.07, 6.45) is 0. The maximum absolute atomic E-state index is 14.6. The predicted molar refractivity (Wildman–Crippen MR) is 131 cm³/mol. The third kappa shape index (κ3) is 4.28. The van der Waals surface area contributed by atoms with Crippen LogP contribution in [0.5, 0.6) is 5.75 Å². The van der Waals surface area contributed by atoms with Crippen molar-refractivity contribution in [2.45, 2.75) is 27.1 Å². The number of aliphatic hydroxyl groups excluding tert-OH is 2. The monoisotopic (exact) mass is 442 g/mol. The second-order valence-electron chi connectivity index (χ2n) is 8.11. The maximum Gasteiger partial charge on any atom is 0.133 e. The highest BCUT2D eigenvalue weighted by Gasteiger charge is 2.16. The Labute approximate surface area is 193 Å². The van der Waals surface area contributed by atoms with Crippen molar-refractivity contribution >= 4 is 0 Å². The first-order valence-corrected chi connectivity index (χ1v) is 10.9. The van der Waals surface area contributed by atoms with E-state index in [9.17, 15) is 14.6 Å². The molecule has 0 atom stereocenters. The first-order chi connectivity index (χ1) is 16.0. The van der Waals surface area contributed by atoms with Gasteiger partial charge in [-0.2, -0.15) is 0 Å². The van der Waals surface area contributed by atoms with Crippen LogP contribution >= 0.6 is 0 Å². The number of hydrogen-bond acceptors (Lipinski definition) is 3. The molecule has 0 aliphatic carbocycles. The summed E-state index contributed by atoms with van der Waals surface area (Å²) in [7, 11) is 1.48. The van der Waals surface area contributed by atoms with Crippen LogP contribution in [-0.4, -0.2) is 17.3 Å². The SMILES string of the molecule is COc1cc(-c2cccc(-c3cccc(-c4ccc(CO)cc4)c3C)c2C)cc(F)c1CO. The minimum atomic E-state index is -0.485. The predicted octanol–water partition coefficient (Wildman–Crippen LogP) is 6.44. The highest BCUT2D eigenvalue weighted by molar-refractivity contribution is 5.84. The molecule has 0 saturated carbocycles. The smallest absolute Gasteiger partial charge is 0.133 e. The van der Waals surface area contributed by atoms with Crippen LogP contribution in [0.2, 0.25) is 0 Å². The lowest BCUT2D eigenvalue weighted by Gasteiger charge is -2.17. The zero-order valence-corrected chi connectivity index (χ0v) is 19.0. The van der Waals surface area contributed by atoms with Crippen LogP contribution < -0.4 is 4.74 Å². The Morgan fingerprint density at radius 3 is 1.76 bits per heavy atom. The van der Waals surface area contributed by atoms with Crippen LogP contribution in [0.3, 0.4) is 0 Å². The Kier molecular flexibility index (Phi) is 6.59. The molecule has 2 N–H and O–H groups in total. The lowest BCUT2D eigenvalue weighted by Crippen LogP contribution is -1.98. The van der Waals surface area contributed by atoms with E-state index in [1.807, 2.05) is 49.4 Å². The molecule has 0 amide bonds. The van der Waals surface area contributed by atoms with E-state index < -0.39 is 12.4 Å². The van der Waals surface area contributed by atoms with Gasteiger partial charge in [0.1, 0.15) is 11.6 Å². The molecule has 4 rings (SSSR count).